The lowest BCUT2D eigenvalue weighted by Crippen LogP contribution is -2.55. The normalized spacial score (nSPS) is 24.6. The minimum absolute atomic E-state index is 0.306. The van der Waals surface area contributed by atoms with Crippen LogP contribution in [-0.4, -0.2) is 26.2 Å². The molecule has 0 saturated carbocycles. The largest absolute Gasteiger partial charge is 0.368 e. The lowest BCUT2D eigenvalue weighted by atomic mass is 9.84. The second-order valence-corrected chi connectivity index (χ2v) is 8.06. The number of aryl methyl sites for hydroxylation is 1. The van der Waals surface area contributed by atoms with Crippen molar-refractivity contribution in [1.82, 2.24) is 4.72 Å². The highest BCUT2D eigenvalue weighted by atomic mass is 32.2. The number of epoxide rings is 1. The fourth-order valence-corrected chi connectivity index (χ4v) is 3.98. The summed E-state index contributed by atoms with van der Waals surface area (Å²) < 4.78 is 33.7. The summed E-state index contributed by atoms with van der Waals surface area (Å²) in [5, 5.41) is 0. The minimum Gasteiger partial charge on any atom is -0.368 e. The fraction of sp³-hybridized carbons (Fsp3) is 0.625. The highest BCUT2D eigenvalue weighted by Crippen LogP contribution is 2.41. The van der Waals surface area contributed by atoms with Crippen molar-refractivity contribution < 1.29 is 13.2 Å². The van der Waals surface area contributed by atoms with Crippen molar-refractivity contribution in [3.8, 4) is 0 Å². The zero-order valence-electron chi connectivity index (χ0n) is 13.3. The number of rotatable bonds is 7. The van der Waals surface area contributed by atoms with Crippen molar-refractivity contribution in [3.63, 3.8) is 0 Å². The van der Waals surface area contributed by atoms with Crippen molar-refractivity contribution in [2.75, 3.05) is 6.61 Å². The average Bonchev–Trinajstić information content (AvgIpc) is 3.16. The van der Waals surface area contributed by atoms with Gasteiger partial charge in [-0.1, -0.05) is 37.5 Å². The fourth-order valence-electron chi connectivity index (χ4n) is 2.45. The van der Waals surface area contributed by atoms with E-state index in [2.05, 4.69) is 11.6 Å². The van der Waals surface area contributed by atoms with Gasteiger partial charge in [-0.05, 0) is 39.3 Å². The van der Waals surface area contributed by atoms with Crippen molar-refractivity contribution in [2.24, 2.45) is 0 Å². The second-order valence-electron chi connectivity index (χ2n) is 6.37. The van der Waals surface area contributed by atoms with Crippen LogP contribution >= 0.6 is 0 Å². The molecule has 1 heterocycles. The molecule has 1 N–H and O–H groups in total. The molecule has 0 amide bonds. The molecule has 0 unspecified atom stereocenters. The number of hydrogen-bond acceptors (Lipinski definition) is 3. The number of nitrogens with one attached hydrogen (secondary N) is 1. The first kappa shape index (κ1) is 16.5. The van der Waals surface area contributed by atoms with Crippen LogP contribution in [0.5, 0.6) is 0 Å². The molecule has 1 aromatic rings. The van der Waals surface area contributed by atoms with Crippen LogP contribution < -0.4 is 4.72 Å². The Bertz CT molecular complexity index is 590. The standard InChI is InChI=1S/C16H25NO3S/c1-5-6-11-15(3,16(4)12-20-16)17-21(18,19)14-9-7-13(2)8-10-14/h7-10,17H,5-6,11-12H2,1-4H3/t15-,16+/m1/s1. The Balaban J connectivity index is 2.25. The summed E-state index contributed by atoms with van der Waals surface area (Å²) >= 11 is 0. The third kappa shape index (κ3) is 3.47. The number of ether oxygens (including phenoxy) is 1. The SMILES string of the molecule is CCCC[C@@](C)(NS(=O)(=O)c1ccc(C)cc1)[C@]1(C)CO1. The summed E-state index contributed by atoms with van der Waals surface area (Å²) in [6.07, 6.45) is 2.76. The van der Waals surface area contributed by atoms with Gasteiger partial charge in [0.25, 0.3) is 0 Å². The van der Waals surface area contributed by atoms with Gasteiger partial charge in [-0.15, -0.1) is 0 Å². The first-order valence-corrected chi connectivity index (χ1v) is 8.95. The van der Waals surface area contributed by atoms with Gasteiger partial charge in [0.15, 0.2) is 0 Å². The molecule has 21 heavy (non-hydrogen) atoms. The number of hydrogen-bond donors (Lipinski definition) is 1. The topological polar surface area (TPSA) is 58.7 Å². The van der Waals surface area contributed by atoms with Crippen molar-refractivity contribution in [3.05, 3.63) is 29.8 Å². The zero-order valence-corrected chi connectivity index (χ0v) is 14.1. The molecular formula is C16H25NO3S. The predicted molar refractivity (Wildman–Crippen MR) is 83.8 cm³/mol. The molecule has 2 rings (SSSR count). The Labute approximate surface area is 127 Å². The molecule has 0 bridgehead atoms. The molecule has 0 spiro atoms. The van der Waals surface area contributed by atoms with Crippen LogP contribution in [0.4, 0.5) is 0 Å². The number of sulfonamides is 1. The van der Waals surface area contributed by atoms with Crippen LogP contribution in [0, 0.1) is 6.92 Å². The minimum atomic E-state index is -3.54. The molecule has 1 fully saturated rings. The Morgan fingerprint density at radius 1 is 1.33 bits per heavy atom. The van der Waals surface area contributed by atoms with E-state index in [0.29, 0.717) is 11.5 Å². The monoisotopic (exact) mass is 311 g/mol. The van der Waals surface area contributed by atoms with Crippen LogP contribution in [0.3, 0.4) is 0 Å². The Kier molecular flexibility index (Phi) is 4.47. The van der Waals surface area contributed by atoms with Gasteiger partial charge in [0.2, 0.25) is 10.0 Å². The first-order chi connectivity index (χ1) is 9.72. The smallest absolute Gasteiger partial charge is 0.241 e. The van der Waals surface area contributed by atoms with Crippen molar-refractivity contribution in [2.45, 2.75) is 63.0 Å². The van der Waals surface area contributed by atoms with E-state index in [0.717, 1.165) is 24.8 Å². The van der Waals surface area contributed by atoms with Gasteiger partial charge in [-0.25, -0.2) is 13.1 Å². The van der Waals surface area contributed by atoms with Gasteiger partial charge in [-0.2, -0.15) is 0 Å². The van der Waals surface area contributed by atoms with Crippen LogP contribution in [0.25, 0.3) is 0 Å². The molecule has 1 aliphatic rings. The van der Waals surface area contributed by atoms with E-state index >= 15 is 0 Å². The van der Waals surface area contributed by atoms with Crippen LogP contribution in [-0.2, 0) is 14.8 Å². The van der Waals surface area contributed by atoms with Crippen LogP contribution in [0.1, 0.15) is 45.6 Å². The highest BCUT2D eigenvalue weighted by molar-refractivity contribution is 7.89. The maximum atomic E-state index is 12.6. The molecule has 2 atom stereocenters. The van der Waals surface area contributed by atoms with E-state index < -0.39 is 21.2 Å². The molecule has 0 aliphatic carbocycles. The van der Waals surface area contributed by atoms with Crippen LogP contribution in [0.2, 0.25) is 0 Å². The third-order valence-corrected chi connectivity index (χ3v) is 6.08. The lowest BCUT2D eigenvalue weighted by Gasteiger charge is -2.34. The summed E-state index contributed by atoms with van der Waals surface area (Å²) in [6, 6.07) is 6.92. The molecule has 1 aromatic carbocycles. The Hall–Kier alpha value is -0.910. The number of benzene rings is 1. The molecule has 4 nitrogen and oxygen atoms in total. The van der Waals surface area contributed by atoms with E-state index in [-0.39, 0.29) is 0 Å². The van der Waals surface area contributed by atoms with Crippen LogP contribution in [0.15, 0.2) is 29.2 Å². The van der Waals surface area contributed by atoms with E-state index in [9.17, 15) is 8.42 Å². The molecular weight excluding hydrogens is 286 g/mol. The van der Waals surface area contributed by atoms with Crippen molar-refractivity contribution >= 4 is 10.0 Å². The quantitative estimate of drug-likeness (QED) is 0.788. The molecule has 118 valence electrons. The molecule has 0 aromatic heterocycles. The molecule has 5 heteroatoms. The molecule has 0 radical (unpaired) electrons. The third-order valence-electron chi connectivity index (χ3n) is 4.47. The second kappa shape index (κ2) is 5.71. The summed E-state index contributed by atoms with van der Waals surface area (Å²) in [5.74, 6) is 0. The maximum absolute atomic E-state index is 12.6. The Morgan fingerprint density at radius 3 is 2.38 bits per heavy atom. The Morgan fingerprint density at radius 2 is 1.90 bits per heavy atom. The van der Waals surface area contributed by atoms with Gasteiger partial charge in [0, 0.05) is 0 Å². The van der Waals surface area contributed by atoms with E-state index in [1.54, 1.807) is 12.1 Å². The van der Waals surface area contributed by atoms with E-state index in [1.807, 2.05) is 32.9 Å². The van der Waals surface area contributed by atoms with Gasteiger partial charge in [-0.3, -0.25) is 0 Å². The van der Waals surface area contributed by atoms with Crippen molar-refractivity contribution in [1.29, 1.82) is 0 Å². The van der Waals surface area contributed by atoms with Gasteiger partial charge >= 0.3 is 0 Å². The number of unbranched alkanes of at least 4 members (excludes halogenated alkanes) is 1. The van der Waals surface area contributed by atoms with E-state index in [4.69, 9.17) is 4.74 Å². The van der Waals surface area contributed by atoms with E-state index in [1.165, 1.54) is 0 Å². The first-order valence-electron chi connectivity index (χ1n) is 7.47. The summed E-state index contributed by atoms with van der Waals surface area (Å²) in [5.41, 5.74) is 0.0623. The summed E-state index contributed by atoms with van der Waals surface area (Å²) in [6.45, 7) is 8.56. The van der Waals surface area contributed by atoms with Gasteiger partial charge < -0.3 is 4.74 Å². The summed E-state index contributed by atoms with van der Waals surface area (Å²) in [7, 11) is -3.54. The molecule has 1 aliphatic heterocycles. The molecule has 1 saturated heterocycles. The average molecular weight is 311 g/mol. The van der Waals surface area contributed by atoms with Gasteiger partial charge in [0.05, 0.1) is 17.0 Å². The highest BCUT2D eigenvalue weighted by Gasteiger charge is 2.56. The zero-order chi connectivity index (χ0) is 15.7. The maximum Gasteiger partial charge on any atom is 0.241 e. The van der Waals surface area contributed by atoms with Gasteiger partial charge in [0.1, 0.15) is 5.60 Å². The lowest BCUT2D eigenvalue weighted by molar-refractivity contribution is 0.182. The predicted octanol–water partition coefficient (Wildman–Crippen LogP) is 3.01. The summed E-state index contributed by atoms with van der Waals surface area (Å²) in [4.78, 5) is 0.306.